The number of hydrogen-bond donors (Lipinski definition) is 2. The van der Waals surface area contributed by atoms with Crippen molar-refractivity contribution in [3.8, 4) is 0 Å². The Bertz CT molecular complexity index is 840. The molecule has 0 bridgehead atoms. The highest BCUT2D eigenvalue weighted by Crippen LogP contribution is 2.45. The number of nitrogens with zero attached hydrogens (tertiary/aromatic N) is 1. The smallest absolute Gasteiger partial charge is 0.325 e. The van der Waals surface area contributed by atoms with Crippen LogP contribution in [0.15, 0.2) is 24.5 Å². The molecule has 170 valence electrons. The Kier molecular flexibility index (Phi) is 7.34. The van der Waals surface area contributed by atoms with Crippen molar-refractivity contribution in [2.24, 2.45) is 17.1 Å². The second-order valence-corrected chi connectivity index (χ2v) is 7.28. The summed E-state index contributed by atoms with van der Waals surface area (Å²) >= 11 is 0. The van der Waals surface area contributed by atoms with E-state index in [4.69, 9.17) is 24.7 Å². The number of amides is 1. The van der Waals surface area contributed by atoms with Crippen LogP contribution in [0.25, 0.3) is 0 Å². The molecule has 1 aromatic rings. The van der Waals surface area contributed by atoms with E-state index in [0.717, 1.165) is 0 Å². The van der Waals surface area contributed by atoms with Crippen LogP contribution >= 0.6 is 0 Å². The Hall–Kier alpha value is -3.05. The third-order valence-corrected chi connectivity index (χ3v) is 5.55. The van der Waals surface area contributed by atoms with E-state index < -0.39 is 59.6 Å². The first-order valence-corrected chi connectivity index (χ1v) is 9.50. The van der Waals surface area contributed by atoms with Gasteiger partial charge in [0.2, 0.25) is 6.10 Å². The lowest BCUT2D eigenvalue weighted by atomic mass is 9.67. The lowest BCUT2D eigenvalue weighted by Crippen LogP contribution is -2.60. The number of nitrogens with two attached hydrogens (primary N) is 1. The fourth-order valence-electron chi connectivity index (χ4n) is 3.73. The molecule has 0 radical (unpaired) electrons. The summed E-state index contributed by atoms with van der Waals surface area (Å²) in [4.78, 5) is 55.1. The number of methoxy groups -OCH3 is 2. The molecule has 0 aliphatic carbocycles. The predicted molar refractivity (Wildman–Crippen MR) is 103 cm³/mol. The number of cyclic esters (lactones) is 2. The van der Waals surface area contributed by atoms with E-state index in [1.807, 2.05) is 0 Å². The SMILES string of the molecule is CCC1OC(=O)C(Cc2ccncc2)(C(C(=O)O)C(C)(OC)OC)C(=O)OC1C(N)=O. The molecule has 0 spiro atoms. The molecule has 0 saturated carbocycles. The summed E-state index contributed by atoms with van der Waals surface area (Å²) in [6, 6.07) is 3.01. The van der Waals surface area contributed by atoms with Crippen LogP contribution in [0.1, 0.15) is 25.8 Å². The Balaban J connectivity index is 2.79. The fraction of sp³-hybridized carbons (Fsp3) is 0.550. The maximum absolute atomic E-state index is 13.4. The van der Waals surface area contributed by atoms with Gasteiger partial charge in [-0.25, -0.2) is 0 Å². The van der Waals surface area contributed by atoms with Crippen molar-refractivity contribution in [2.45, 2.75) is 44.7 Å². The zero-order valence-corrected chi connectivity index (χ0v) is 17.7. The van der Waals surface area contributed by atoms with Gasteiger partial charge >= 0.3 is 17.9 Å². The third kappa shape index (κ3) is 4.37. The van der Waals surface area contributed by atoms with Crippen LogP contribution < -0.4 is 5.73 Å². The quantitative estimate of drug-likeness (QED) is 0.306. The summed E-state index contributed by atoms with van der Waals surface area (Å²) in [5.74, 6) is -8.90. The molecule has 4 atom stereocenters. The van der Waals surface area contributed by atoms with Gasteiger partial charge in [-0.2, -0.15) is 0 Å². The molecule has 11 nitrogen and oxygen atoms in total. The number of esters is 2. The number of primary amides is 1. The number of carbonyl (C=O) groups excluding carboxylic acids is 3. The van der Waals surface area contributed by atoms with Crippen LogP contribution in [0, 0.1) is 11.3 Å². The summed E-state index contributed by atoms with van der Waals surface area (Å²) < 4.78 is 21.3. The molecule has 1 aliphatic heterocycles. The van der Waals surface area contributed by atoms with Gasteiger partial charge in [0.05, 0.1) is 0 Å². The van der Waals surface area contributed by atoms with Crippen molar-refractivity contribution >= 4 is 23.8 Å². The summed E-state index contributed by atoms with van der Waals surface area (Å²) in [5, 5.41) is 10.1. The van der Waals surface area contributed by atoms with Crippen molar-refractivity contribution in [1.29, 1.82) is 0 Å². The molecular formula is C20H26N2O9. The van der Waals surface area contributed by atoms with Crippen LogP contribution in [-0.2, 0) is 44.5 Å². The number of carboxylic acids is 1. The van der Waals surface area contributed by atoms with Crippen molar-refractivity contribution < 1.29 is 43.2 Å². The number of hydrogen-bond acceptors (Lipinski definition) is 9. The van der Waals surface area contributed by atoms with E-state index in [1.54, 1.807) is 6.92 Å². The van der Waals surface area contributed by atoms with E-state index in [0.29, 0.717) is 5.56 Å². The third-order valence-electron chi connectivity index (χ3n) is 5.55. The van der Waals surface area contributed by atoms with Gasteiger partial charge in [-0.3, -0.25) is 24.2 Å². The van der Waals surface area contributed by atoms with Gasteiger partial charge in [-0.15, -0.1) is 0 Å². The van der Waals surface area contributed by atoms with Crippen molar-refractivity contribution in [2.75, 3.05) is 14.2 Å². The minimum Gasteiger partial charge on any atom is -0.481 e. The normalized spacial score (nSPS) is 25.2. The summed E-state index contributed by atoms with van der Waals surface area (Å²) in [7, 11) is 2.35. The van der Waals surface area contributed by atoms with Gasteiger partial charge in [0, 0.05) is 33.0 Å². The molecule has 2 heterocycles. The molecule has 1 aromatic heterocycles. The number of rotatable bonds is 9. The maximum Gasteiger partial charge on any atom is 0.325 e. The minimum absolute atomic E-state index is 0.0987. The van der Waals surface area contributed by atoms with Crippen LogP contribution in [-0.4, -0.2) is 66.1 Å². The highest BCUT2D eigenvalue weighted by Gasteiger charge is 2.67. The molecule has 1 amide bonds. The Morgan fingerprint density at radius 2 is 1.77 bits per heavy atom. The van der Waals surface area contributed by atoms with Gasteiger partial charge in [0.15, 0.2) is 11.2 Å². The minimum atomic E-state index is -2.45. The molecule has 31 heavy (non-hydrogen) atoms. The number of pyridine rings is 1. The first kappa shape index (κ1) is 24.2. The average Bonchev–Trinajstić information content (AvgIpc) is 2.84. The number of carbonyl (C=O) groups is 4. The Labute approximate surface area is 178 Å². The number of ether oxygens (including phenoxy) is 4. The van der Waals surface area contributed by atoms with Gasteiger partial charge in [0.25, 0.3) is 5.91 Å². The van der Waals surface area contributed by atoms with E-state index in [9.17, 15) is 24.3 Å². The first-order chi connectivity index (χ1) is 14.6. The van der Waals surface area contributed by atoms with Crippen LogP contribution in [0.5, 0.6) is 0 Å². The van der Waals surface area contributed by atoms with E-state index in [2.05, 4.69) is 4.98 Å². The molecular weight excluding hydrogens is 412 g/mol. The van der Waals surface area contributed by atoms with Gasteiger partial charge in [0.1, 0.15) is 12.0 Å². The number of carboxylic acid groups (broad SMARTS) is 1. The summed E-state index contributed by atoms with van der Waals surface area (Å²) in [6.45, 7) is 2.87. The first-order valence-electron chi connectivity index (χ1n) is 9.50. The predicted octanol–water partition coefficient (Wildman–Crippen LogP) is 0.0528. The highest BCUT2D eigenvalue weighted by molar-refractivity contribution is 6.06. The van der Waals surface area contributed by atoms with Gasteiger partial charge < -0.3 is 29.8 Å². The molecule has 1 saturated heterocycles. The molecule has 11 heteroatoms. The van der Waals surface area contributed by atoms with E-state index >= 15 is 0 Å². The molecule has 0 aromatic carbocycles. The fourth-order valence-corrected chi connectivity index (χ4v) is 3.73. The Morgan fingerprint density at radius 1 is 1.23 bits per heavy atom. The topological polar surface area (TPSA) is 164 Å². The largest absolute Gasteiger partial charge is 0.481 e. The van der Waals surface area contributed by atoms with Crippen LogP contribution in [0.2, 0.25) is 0 Å². The van der Waals surface area contributed by atoms with E-state index in [1.165, 1.54) is 45.7 Å². The number of aliphatic carboxylic acids is 1. The molecule has 1 aliphatic rings. The van der Waals surface area contributed by atoms with Crippen LogP contribution in [0.4, 0.5) is 0 Å². The molecule has 4 unspecified atom stereocenters. The monoisotopic (exact) mass is 438 g/mol. The summed E-state index contributed by atoms with van der Waals surface area (Å²) in [5.41, 5.74) is 3.29. The maximum atomic E-state index is 13.4. The Morgan fingerprint density at radius 3 is 2.23 bits per heavy atom. The van der Waals surface area contributed by atoms with Crippen molar-refractivity contribution in [3.05, 3.63) is 30.1 Å². The van der Waals surface area contributed by atoms with Gasteiger partial charge in [-0.05, 0) is 31.0 Å². The zero-order valence-electron chi connectivity index (χ0n) is 17.7. The summed E-state index contributed by atoms with van der Waals surface area (Å²) in [6.07, 6.45) is -0.265. The van der Waals surface area contributed by atoms with E-state index in [-0.39, 0.29) is 6.42 Å². The second kappa shape index (κ2) is 9.40. The molecule has 1 fully saturated rings. The lowest BCUT2D eigenvalue weighted by Gasteiger charge is -2.41. The lowest BCUT2D eigenvalue weighted by molar-refractivity contribution is -0.254. The van der Waals surface area contributed by atoms with Crippen molar-refractivity contribution in [3.63, 3.8) is 0 Å². The van der Waals surface area contributed by atoms with Gasteiger partial charge in [-0.1, -0.05) is 6.92 Å². The second-order valence-electron chi connectivity index (χ2n) is 7.28. The molecule has 3 N–H and O–H groups in total. The zero-order chi connectivity index (χ0) is 23.4. The standard InChI is InChI=1S/C20H26N2O9/c1-5-12-13(15(21)23)31-18(27)20(17(26)30-12,10-11-6-8-22-9-7-11)14(16(24)25)19(2,28-3)29-4/h6-9,12-14H,5,10H2,1-4H3,(H2,21,23)(H,24,25). The highest BCUT2D eigenvalue weighted by atomic mass is 16.7. The van der Waals surface area contributed by atoms with Crippen molar-refractivity contribution in [1.82, 2.24) is 4.98 Å². The molecule has 2 rings (SSSR count). The number of aromatic nitrogens is 1. The average molecular weight is 438 g/mol. The van der Waals surface area contributed by atoms with Crippen LogP contribution in [0.3, 0.4) is 0 Å².